The fraction of sp³-hybridized carbons (Fsp3) is 0.714. The SMILES string of the molecule is CCc1n[nH]nc1C1(N)CC1. The second-order valence-electron chi connectivity index (χ2n) is 3.13. The Morgan fingerprint density at radius 3 is 2.82 bits per heavy atom. The van der Waals surface area contributed by atoms with Gasteiger partial charge in [-0.25, -0.2) is 0 Å². The standard InChI is InChI=1S/C7H12N4/c1-2-5-6(10-11-9-5)7(8)3-4-7/h2-4,8H2,1H3,(H,9,10,11). The van der Waals surface area contributed by atoms with Gasteiger partial charge in [-0.2, -0.15) is 15.4 Å². The predicted octanol–water partition coefficient (Wildman–Crippen LogP) is 0.315. The van der Waals surface area contributed by atoms with Gasteiger partial charge in [-0.3, -0.25) is 0 Å². The highest BCUT2D eigenvalue weighted by molar-refractivity contribution is 5.25. The third-order valence-corrected chi connectivity index (χ3v) is 2.22. The van der Waals surface area contributed by atoms with Crippen LogP contribution >= 0.6 is 0 Å². The van der Waals surface area contributed by atoms with Crippen LogP contribution < -0.4 is 5.73 Å². The molecule has 1 aromatic rings. The normalized spacial score (nSPS) is 20.2. The maximum Gasteiger partial charge on any atom is 0.105 e. The van der Waals surface area contributed by atoms with E-state index in [9.17, 15) is 0 Å². The fourth-order valence-corrected chi connectivity index (χ4v) is 1.27. The number of H-pyrrole nitrogens is 1. The number of aryl methyl sites for hydroxylation is 1. The van der Waals surface area contributed by atoms with Crippen LogP contribution in [-0.2, 0) is 12.0 Å². The topological polar surface area (TPSA) is 67.6 Å². The lowest BCUT2D eigenvalue weighted by molar-refractivity contribution is 0.692. The van der Waals surface area contributed by atoms with Gasteiger partial charge in [0.25, 0.3) is 0 Å². The highest BCUT2D eigenvalue weighted by Crippen LogP contribution is 2.42. The van der Waals surface area contributed by atoms with Crippen molar-refractivity contribution in [3.8, 4) is 0 Å². The summed E-state index contributed by atoms with van der Waals surface area (Å²) in [5.74, 6) is 0. The van der Waals surface area contributed by atoms with Crippen molar-refractivity contribution in [3.05, 3.63) is 11.4 Å². The summed E-state index contributed by atoms with van der Waals surface area (Å²) in [7, 11) is 0. The van der Waals surface area contributed by atoms with Crippen molar-refractivity contribution in [2.45, 2.75) is 31.7 Å². The molecule has 11 heavy (non-hydrogen) atoms. The molecule has 0 spiro atoms. The van der Waals surface area contributed by atoms with Gasteiger partial charge < -0.3 is 5.73 Å². The summed E-state index contributed by atoms with van der Waals surface area (Å²) in [4.78, 5) is 0. The van der Waals surface area contributed by atoms with Gasteiger partial charge in [0.2, 0.25) is 0 Å². The summed E-state index contributed by atoms with van der Waals surface area (Å²) in [6.07, 6.45) is 3.00. The first kappa shape index (κ1) is 6.79. The van der Waals surface area contributed by atoms with Crippen LogP contribution in [0.25, 0.3) is 0 Å². The van der Waals surface area contributed by atoms with E-state index in [1.165, 1.54) is 0 Å². The molecule has 0 atom stereocenters. The lowest BCUT2D eigenvalue weighted by Gasteiger charge is -2.03. The van der Waals surface area contributed by atoms with Crippen molar-refractivity contribution in [1.82, 2.24) is 15.4 Å². The van der Waals surface area contributed by atoms with Crippen molar-refractivity contribution in [1.29, 1.82) is 0 Å². The molecule has 1 aliphatic carbocycles. The van der Waals surface area contributed by atoms with Gasteiger partial charge in [0.15, 0.2) is 0 Å². The van der Waals surface area contributed by atoms with E-state index < -0.39 is 0 Å². The van der Waals surface area contributed by atoms with E-state index in [2.05, 4.69) is 22.3 Å². The third kappa shape index (κ3) is 0.939. The maximum absolute atomic E-state index is 5.97. The van der Waals surface area contributed by atoms with Gasteiger partial charge in [0.05, 0.1) is 11.2 Å². The Morgan fingerprint density at radius 1 is 1.55 bits per heavy atom. The quantitative estimate of drug-likeness (QED) is 0.641. The van der Waals surface area contributed by atoms with Crippen molar-refractivity contribution in [2.24, 2.45) is 5.73 Å². The lowest BCUT2D eigenvalue weighted by atomic mass is 10.1. The largest absolute Gasteiger partial charge is 0.320 e. The van der Waals surface area contributed by atoms with E-state index in [0.717, 1.165) is 30.7 Å². The van der Waals surface area contributed by atoms with Crippen LogP contribution in [0.3, 0.4) is 0 Å². The summed E-state index contributed by atoms with van der Waals surface area (Å²) < 4.78 is 0. The van der Waals surface area contributed by atoms with Gasteiger partial charge in [-0.15, -0.1) is 0 Å². The van der Waals surface area contributed by atoms with Crippen molar-refractivity contribution < 1.29 is 0 Å². The summed E-state index contributed by atoms with van der Waals surface area (Å²) in [6, 6.07) is 0. The Hall–Kier alpha value is -0.900. The van der Waals surface area contributed by atoms with Gasteiger partial charge in [0, 0.05) is 0 Å². The minimum atomic E-state index is -0.141. The van der Waals surface area contributed by atoms with E-state index in [1.807, 2.05) is 0 Å². The molecule has 1 fully saturated rings. The van der Waals surface area contributed by atoms with E-state index in [4.69, 9.17) is 5.73 Å². The zero-order chi connectivity index (χ0) is 7.90. The third-order valence-electron chi connectivity index (χ3n) is 2.22. The Balaban J connectivity index is 2.36. The van der Waals surface area contributed by atoms with Crippen LogP contribution in [0, 0.1) is 0 Å². The first-order valence-electron chi connectivity index (χ1n) is 3.95. The van der Waals surface area contributed by atoms with E-state index in [0.29, 0.717) is 0 Å². The Morgan fingerprint density at radius 2 is 2.27 bits per heavy atom. The van der Waals surface area contributed by atoms with Crippen molar-refractivity contribution >= 4 is 0 Å². The summed E-state index contributed by atoms with van der Waals surface area (Å²) in [5, 5.41) is 10.7. The van der Waals surface area contributed by atoms with Crippen molar-refractivity contribution in [2.75, 3.05) is 0 Å². The molecule has 0 aromatic carbocycles. The number of nitrogens with one attached hydrogen (secondary N) is 1. The molecule has 1 aromatic heterocycles. The minimum Gasteiger partial charge on any atom is -0.320 e. The van der Waals surface area contributed by atoms with Crippen LogP contribution in [0.2, 0.25) is 0 Å². The van der Waals surface area contributed by atoms with Gasteiger partial charge in [-0.1, -0.05) is 6.92 Å². The Bertz CT molecular complexity index is 261. The molecular formula is C7H12N4. The molecule has 0 aliphatic heterocycles. The second kappa shape index (κ2) is 2.04. The van der Waals surface area contributed by atoms with Crippen molar-refractivity contribution in [3.63, 3.8) is 0 Å². The minimum absolute atomic E-state index is 0.141. The molecule has 4 heteroatoms. The summed E-state index contributed by atoms with van der Waals surface area (Å²) in [6.45, 7) is 2.06. The highest BCUT2D eigenvalue weighted by Gasteiger charge is 2.44. The number of hydrogen-bond acceptors (Lipinski definition) is 3. The zero-order valence-corrected chi connectivity index (χ0v) is 6.59. The number of hydrogen-bond donors (Lipinski definition) is 2. The molecule has 1 heterocycles. The molecule has 4 nitrogen and oxygen atoms in total. The maximum atomic E-state index is 5.97. The van der Waals surface area contributed by atoms with Gasteiger partial charge >= 0.3 is 0 Å². The predicted molar refractivity (Wildman–Crippen MR) is 40.9 cm³/mol. The molecule has 0 bridgehead atoms. The first-order valence-corrected chi connectivity index (χ1v) is 3.95. The lowest BCUT2D eigenvalue weighted by Crippen LogP contribution is -2.20. The second-order valence-corrected chi connectivity index (χ2v) is 3.13. The van der Waals surface area contributed by atoms with Crippen LogP contribution in [0.4, 0.5) is 0 Å². The van der Waals surface area contributed by atoms with Crippen LogP contribution in [-0.4, -0.2) is 15.4 Å². The van der Waals surface area contributed by atoms with Gasteiger partial charge in [0.1, 0.15) is 5.69 Å². The molecule has 1 aliphatic rings. The molecule has 3 N–H and O–H groups in total. The monoisotopic (exact) mass is 152 g/mol. The number of nitrogens with zero attached hydrogens (tertiary/aromatic N) is 2. The molecular weight excluding hydrogens is 140 g/mol. The van der Waals surface area contributed by atoms with E-state index in [-0.39, 0.29) is 5.54 Å². The first-order chi connectivity index (χ1) is 5.26. The average molecular weight is 152 g/mol. The molecule has 0 amide bonds. The van der Waals surface area contributed by atoms with E-state index >= 15 is 0 Å². The molecule has 1 saturated carbocycles. The number of aromatic amines is 1. The Labute approximate surface area is 65.2 Å². The number of rotatable bonds is 2. The highest BCUT2D eigenvalue weighted by atomic mass is 15.3. The summed E-state index contributed by atoms with van der Waals surface area (Å²) >= 11 is 0. The molecule has 60 valence electrons. The zero-order valence-electron chi connectivity index (χ0n) is 6.59. The fourth-order valence-electron chi connectivity index (χ4n) is 1.27. The van der Waals surface area contributed by atoms with E-state index in [1.54, 1.807) is 0 Å². The number of nitrogens with two attached hydrogens (primary N) is 1. The smallest absolute Gasteiger partial charge is 0.105 e. The van der Waals surface area contributed by atoms with Gasteiger partial charge in [-0.05, 0) is 19.3 Å². The molecule has 0 saturated heterocycles. The Kier molecular flexibility index (Phi) is 1.26. The van der Waals surface area contributed by atoms with Crippen LogP contribution in [0.5, 0.6) is 0 Å². The average Bonchev–Trinajstić information content (AvgIpc) is 2.61. The molecule has 0 radical (unpaired) electrons. The summed E-state index contributed by atoms with van der Waals surface area (Å²) in [5.41, 5.74) is 7.82. The van der Waals surface area contributed by atoms with Crippen LogP contribution in [0.1, 0.15) is 31.2 Å². The van der Waals surface area contributed by atoms with Crippen LogP contribution in [0.15, 0.2) is 0 Å². The molecule has 0 unspecified atom stereocenters. The molecule has 2 rings (SSSR count). The number of aromatic nitrogens is 3.